The average Bonchev–Trinajstić information content (AvgIpc) is 2.31. The molecule has 4 nitrogen and oxygen atoms in total. The van der Waals surface area contributed by atoms with Crippen molar-refractivity contribution >= 4 is 11.6 Å². The Hall–Kier alpha value is -2.09. The van der Waals surface area contributed by atoms with Crippen molar-refractivity contribution in [1.82, 2.24) is 5.32 Å². The Kier molecular flexibility index (Phi) is 3.24. The van der Waals surface area contributed by atoms with Crippen LogP contribution in [0.1, 0.15) is 18.4 Å². The van der Waals surface area contributed by atoms with E-state index >= 15 is 0 Å². The van der Waals surface area contributed by atoms with E-state index in [4.69, 9.17) is 5.26 Å². The third-order valence-corrected chi connectivity index (χ3v) is 2.65. The number of carbonyl (C=O) groups is 1. The van der Waals surface area contributed by atoms with Gasteiger partial charge in [0.25, 0.3) is 0 Å². The highest BCUT2D eigenvalue weighted by Gasteiger charge is 2.21. The van der Waals surface area contributed by atoms with Gasteiger partial charge in [-0.2, -0.15) is 5.26 Å². The maximum Gasteiger partial charge on any atom is 0.242 e. The summed E-state index contributed by atoms with van der Waals surface area (Å²) in [4.78, 5) is 11.5. The number of halogens is 1. The predicted molar refractivity (Wildman–Crippen MR) is 60.8 cm³/mol. The Bertz CT molecular complexity index is 481. The Morgan fingerprint density at radius 1 is 1.47 bits per heavy atom. The first kappa shape index (κ1) is 11.4. The minimum atomic E-state index is -0.484. The van der Waals surface area contributed by atoms with Crippen molar-refractivity contribution in [3.63, 3.8) is 0 Å². The van der Waals surface area contributed by atoms with Gasteiger partial charge in [-0.05, 0) is 31.0 Å². The highest BCUT2D eigenvalue weighted by molar-refractivity contribution is 5.85. The van der Waals surface area contributed by atoms with E-state index in [0.29, 0.717) is 18.7 Å². The maximum atomic E-state index is 13.2. The van der Waals surface area contributed by atoms with E-state index in [1.54, 1.807) is 0 Å². The summed E-state index contributed by atoms with van der Waals surface area (Å²) in [5, 5.41) is 14.4. The molecule has 1 aromatic rings. The van der Waals surface area contributed by atoms with Crippen molar-refractivity contribution in [2.24, 2.45) is 0 Å². The fourth-order valence-electron chi connectivity index (χ4n) is 1.85. The van der Waals surface area contributed by atoms with Crippen LogP contribution in [0.25, 0.3) is 0 Å². The van der Waals surface area contributed by atoms with Gasteiger partial charge in [0.2, 0.25) is 5.91 Å². The van der Waals surface area contributed by atoms with E-state index in [9.17, 15) is 9.18 Å². The van der Waals surface area contributed by atoms with Crippen molar-refractivity contribution in [2.75, 3.05) is 11.9 Å². The number of hydrogen-bond donors (Lipinski definition) is 2. The zero-order valence-corrected chi connectivity index (χ0v) is 9.16. The van der Waals surface area contributed by atoms with E-state index in [0.717, 1.165) is 12.5 Å². The molecule has 1 aliphatic heterocycles. The van der Waals surface area contributed by atoms with Crippen molar-refractivity contribution in [3.05, 3.63) is 29.6 Å². The monoisotopic (exact) mass is 233 g/mol. The molecule has 1 heterocycles. The molecule has 1 fully saturated rings. The lowest BCUT2D eigenvalue weighted by Crippen LogP contribution is -2.44. The third-order valence-electron chi connectivity index (χ3n) is 2.65. The van der Waals surface area contributed by atoms with Crippen LogP contribution in [-0.2, 0) is 4.79 Å². The minimum absolute atomic E-state index is 0.0842. The van der Waals surface area contributed by atoms with Gasteiger partial charge in [-0.3, -0.25) is 4.79 Å². The summed E-state index contributed by atoms with van der Waals surface area (Å²) in [6.07, 6.45) is 1.61. The van der Waals surface area contributed by atoms with Gasteiger partial charge in [0.1, 0.15) is 11.9 Å². The van der Waals surface area contributed by atoms with Crippen LogP contribution in [0.5, 0.6) is 0 Å². The Labute approximate surface area is 98.4 Å². The predicted octanol–water partition coefficient (Wildman–Crippen LogP) is 1.39. The molecule has 5 heteroatoms. The molecule has 0 spiro atoms. The van der Waals surface area contributed by atoms with Crippen molar-refractivity contribution in [1.29, 1.82) is 5.26 Å². The summed E-state index contributed by atoms with van der Waals surface area (Å²) < 4.78 is 13.2. The Balaban J connectivity index is 2.15. The lowest BCUT2D eigenvalue weighted by atomic mass is 10.1. The summed E-state index contributed by atoms with van der Waals surface area (Å²) in [6, 6.07) is 5.50. The second-order valence-electron chi connectivity index (χ2n) is 3.97. The normalized spacial score (nSPS) is 19.3. The summed E-state index contributed by atoms with van der Waals surface area (Å²) in [5.74, 6) is -0.568. The van der Waals surface area contributed by atoms with Crippen molar-refractivity contribution in [3.8, 4) is 6.07 Å². The number of carbonyl (C=O) groups excluding carboxylic acids is 1. The molecule has 0 aliphatic carbocycles. The number of benzene rings is 1. The summed E-state index contributed by atoms with van der Waals surface area (Å²) in [7, 11) is 0. The molecule has 88 valence electrons. The van der Waals surface area contributed by atoms with E-state index in [1.807, 2.05) is 6.07 Å². The summed E-state index contributed by atoms with van der Waals surface area (Å²) in [5.41, 5.74) is 0.701. The maximum absolute atomic E-state index is 13.2. The van der Waals surface area contributed by atoms with Crippen LogP contribution in [0, 0.1) is 17.1 Å². The molecule has 1 unspecified atom stereocenters. The molecule has 0 saturated carbocycles. The third kappa shape index (κ3) is 2.72. The molecular formula is C12H12FN3O. The van der Waals surface area contributed by atoms with Crippen LogP contribution in [0.2, 0.25) is 0 Å². The summed E-state index contributed by atoms with van der Waals surface area (Å²) >= 11 is 0. The van der Waals surface area contributed by atoms with Gasteiger partial charge < -0.3 is 10.6 Å². The zero-order chi connectivity index (χ0) is 12.3. The van der Waals surface area contributed by atoms with E-state index < -0.39 is 5.82 Å². The van der Waals surface area contributed by atoms with E-state index in [1.165, 1.54) is 12.1 Å². The average molecular weight is 233 g/mol. The number of piperidine rings is 1. The van der Waals surface area contributed by atoms with Gasteiger partial charge in [-0.1, -0.05) is 0 Å². The lowest BCUT2D eigenvalue weighted by Gasteiger charge is -2.23. The van der Waals surface area contributed by atoms with Gasteiger partial charge >= 0.3 is 0 Å². The van der Waals surface area contributed by atoms with Crippen LogP contribution in [0.4, 0.5) is 10.1 Å². The smallest absolute Gasteiger partial charge is 0.242 e. The molecule has 1 aromatic carbocycles. The van der Waals surface area contributed by atoms with Crippen molar-refractivity contribution in [2.45, 2.75) is 18.9 Å². The number of hydrogen-bond acceptors (Lipinski definition) is 3. The molecule has 1 atom stereocenters. The SMILES string of the molecule is N#Cc1cc(F)cc(NC2CCCNC2=O)c1. The van der Waals surface area contributed by atoms with Gasteiger partial charge in [-0.25, -0.2) is 4.39 Å². The highest BCUT2D eigenvalue weighted by atomic mass is 19.1. The van der Waals surface area contributed by atoms with Gasteiger partial charge in [0.05, 0.1) is 11.6 Å². The van der Waals surface area contributed by atoms with Crippen LogP contribution in [0.15, 0.2) is 18.2 Å². The molecule has 1 saturated heterocycles. The number of rotatable bonds is 2. The number of amides is 1. The molecule has 0 aromatic heterocycles. The topological polar surface area (TPSA) is 64.9 Å². The first-order valence-corrected chi connectivity index (χ1v) is 5.44. The number of nitrogens with zero attached hydrogens (tertiary/aromatic N) is 1. The minimum Gasteiger partial charge on any atom is -0.374 e. The molecule has 1 aliphatic rings. The quantitative estimate of drug-likeness (QED) is 0.811. The van der Waals surface area contributed by atoms with Gasteiger partial charge in [0.15, 0.2) is 0 Å². The fraction of sp³-hybridized carbons (Fsp3) is 0.333. The second kappa shape index (κ2) is 4.83. The molecule has 17 heavy (non-hydrogen) atoms. The molecule has 2 rings (SSSR count). The van der Waals surface area contributed by atoms with Gasteiger partial charge in [0, 0.05) is 12.2 Å². The number of anilines is 1. The van der Waals surface area contributed by atoms with Crippen LogP contribution >= 0.6 is 0 Å². The second-order valence-corrected chi connectivity index (χ2v) is 3.97. The zero-order valence-electron chi connectivity index (χ0n) is 9.16. The standard InChI is InChI=1S/C12H12FN3O/c13-9-4-8(7-14)5-10(6-9)16-11-2-1-3-15-12(11)17/h4-6,11,16H,1-3H2,(H,15,17). The summed E-state index contributed by atoms with van der Waals surface area (Å²) in [6.45, 7) is 0.684. The van der Waals surface area contributed by atoms with E-state index in [-0.39, 0.29) is 17.5 Å². The molecule has 0 radical (unpaired) electrons. The first-order valence-electron chi connectivity index (χ1n) is 5.44. The highest BCUT2D eigenvalue weighted by Crippen LogP contribution is 2.16. The van der Waals surface area contributed by atoms with E-state index in [2.05, 4.69) is 10.6 Å². The number of nitriles is 1. The van der Waals surface area contributed by atoms with Crippen molar-refractivity contribution < 1.29 is 9.18 Å². The van der Waals surface area contributed by atoms with Gasteiger partial charge in [-0.15, -0.1) is 0 Å². The van der Waals surface area contributed by atoms with Crippen LogP contribution < -0.4 is 10.6 Å². The molecule has 2 N–H and O–H groups in total. The lowest BCUT2D eigenvalue weighted by molar-refractivity contribution is -0.123. The number of nitrogens with one attached hydrogen (secondary N) is 2. The van der Waals surface area contributed by atoms with Crippen LogP contribution in [-0.4, -0.2) is 18.5 Å². The largest absolute Gasteiger partial charge is 0.374 e. The molecular weight excluding hydrogens is 221 g/mol. The fourth-order valence-corrected chi connectivity index (χ4v) is 1.85. The molecule has 0 bridgehead atoms. The Morgan fingerprint density at radius 3 is 3.00 bits per heavy atom. The first-order chi connectivity index (χ1) is 8.19. The molecule has 1 amide bonds. The van der Waals surface area contributed by atoms with Crippen LogP contribution in [0.3, 0.4) is 0 Å². The Morgan fingerprint density at radius 2 is 2.29 bits per heavy atom.